The first-order valence-corrected chi connectivity index (χ1v) is 9.54. The molecule has 0 saturated heterocycles. The molecule has 6 nitrogen and oxygen atoms in total. The van der Waals surface area contributed by atoms with Crippen molar-refractivity contribution in [3.63, 3.8) is 0 Å². The largest absolute Gasteiger partial charge is 0.496 e. The molecule has 0 aliphatic carbocycles. The van der Waals surface area contributed by atoms with E-state index in [1.165, 1.54) is 11.3 Å². The summed E-state index contributed by atoms with van der Waals surface area (Å²) >= 11 is 1.35. The number of esters is 1. The highest BCUT2D eigenvalue weighted by molar-refractivity contribution is 7.21. The summed E-state index contributed by atoms with van der Waals surface area (Å²) in [7, 11) is 1.59. The van der Waals surface area contributed by atoms with Gasteiger partial charge in [0.15, 0.2) is 0 Å². The minimum atomic E-state index is -0.501. The van der Waals surface area contributed by atoms with Crippen molar-refractivity contribution in [1.82, 2.24) is 0 Å². The summed E-state index contributed by atoms with van der Waals surface area (Å²) in [5.74, 6) is 0.335. The van der Waals surface area contributed by atoms with Crippen LogP contribution in [-0.4, -0.2) is 25.1 Å². The van der Waals surface area contributed by atoms with E-state index in [9.17, 15) is 9.59 Å². The Morgan fingerprint density at radius 2 is 1.82 bits per heavy atom. The molecule has 1 aromatic heterocycles. The summed E-state index contributed by atoms with van der Waals surface area (Å²) in [5, 5.41) is 0.833. The van der Waals surface area contributed by atoms with E-state index in [1.54, 1.807) is 31.4 Å². The molecule has 0 aliphatic heterocycles. The molecular formula is C21H21NO5S. The first kappa shape index (κ1) is 19.7. The zero-order valence-corrected chi connectivity index (χ0v) is 16.7. The summed E-state index contributed by atoms with van der Waals surface area (Å²) in [5.41, 5.74) is 6.37. The summed E-state index contributed by atoms with van der Waals surface area (Å²) in [6.07, 6.45) is -0.227. The van der Waals surface area contributed by atoms with Crippen molar-refractivity contribution in [2.45, 2.75) is 26.6 Å². The lowest BCUT2D eigenvalue weighted by molar-refractivity contribution is 0.0381. The van der Waals surface area contributed by atoms with E-state index in [1.807, 2.05) is 32.0 Å². The number of thiophene rings is 1. The van der Waals surface area contributed by atoms with E-state index in [0.29, 0.717) is 27.5 Å². The maximum atomic E-state index is 12.6. The zero-order valence-electron chi connectivity index (χ0n) is 15.9. The molecule has 0 fully saturated rings. The fraction of sp³-hybridized carbons (Fsp3) is 0.238. The molecule has 3 rings (SSSR count). The number of benzene rings is 2. The van der Waals surface area contributed by atoms with E-state index in [2.05, 4.69) is 0 Å². The molecule has 28 heavy (non-hydrogen) atoms. The Kier molecular flexibility index (Phi) is 5.84. The van der Waals surface area contributed by atoms with Crippen molar-refractivity contribution in [3.8, 4) is 11.5 Å². The van der Waals surface area contributed by atoms with Crippen molar-refractivity contribution in [2.24, 2.45) is 5.73 Å². The highest BCUT2D eigenvalue weighted by Crippen LogP contribution is 2.38. The maximum Gasteiger partial charge on any atom is 0.349 e. The van der Waals surface area contributed by atoms with E-state index in [4.69, 9.17) is 19.9 Å². The number of primary amides is 1. The van der Waals surface area contributed by atoms with Gasteiger partial charge in [0.25, 0.3) is 0 Å². The molecule has 0 atom stereocenters. The minimum absolute atomic E-state index is 0.152. The van der Waals surface area contributed by atoms with Gasteiger partial charge < -0.3 is 19.9 Å². The topological polar surface area (TPSA) is 87.8 Å². The van der Waals surface area contributed by atoms with E-state index >= 15 is 0 Å². The predicted molar refractivity (Wildman–Crippen MR) is 108 cm³/mol. The van der Waals surface area contributed by atoms with Crippen LogP contribution in [-0.2, 0) is 11.3 Å². The van der Waals surface area contributed by atoms with Crippen LogP contribution in [0.1, 0.15) is 39.4 Å². The summed E-state index contributed by atoms with van der Waals surface area (Å²) < 4.78 is 17.7. The lowest BCUT2D eigenvalue weighted by Gasteiger charge is -2.11. The van der Waals surface area contributed by atoms with Gasteiger partial charge in [-0.3, -0.25) is 4.79 Å². The second-order valence-electron chi connectivity index (χ2n) is 6.37. The van der Waals surface area contributed by atoms with Crippen molar-refractivity contribution >= 4 is 33.3 Å². The van der Waals surface area contributed by atoms with Gasteiger partial charge in [0.1, 0.15) is 23.0 Å². The molecule has 1 amide bonds. The number of rotatable bonds is 7. The van der Waals surface area contributed by atoms with Crippen molar-refractivity contribution in [2.75, 3.05) is 7.11 Å². The smallest absolute Gasteiger partial charge is 0.349 e. The van der Waals surface area contributed by atoms with Gasteiger partial charge in [-0.25, -0.2) is 4.79 Å². The Hall–Kier alpha value is -3.06. The third-order valence-corrected chi connectivity index (χ3v) is 5.22. The van der Waals surface area contributed by atoms with Crippen molar-refractivity contribution < 1.29 is 23.8 Å². The third-order valence-electron chi connectivity index (χ3n) is 4.05. The highest BCUT2D eigenvalue weighted by Gasteiger charge is 2.23. The lowest BCUT2D eigenvalue weighted by Crippen LogP contribution is -2.13. The number of fused-ring (bicyclic) bond motifs is 1. The predicted octanol–water partition coefficient (Wildman–Crippen LogP) is 4.15. The van der Waals surface area contributed by atoms with Crippen LogP contribution in [0.15, 0.2) is 42.5 Å². The number of carbonyl (C=O) groups excluding carboxylic acids is 2. The number of carbonyl (C=O) groups is 2. The van der Waals surface area contributed by atoms with Gasteiger partial charge >= 0.3 is 5.97 Å². The van der Waals surface area contributed by atoms with Gasteiger partial charge in [-0.15, -0.1) is 11.3 Å². The van der Waals surface area contributed by atoms with Gasteiger partial charge in [0.2, 0.25) is 5.91 Å². The van der Waals surface area contributed by atoms with Gasteiger partial charge in [0.05, 0.1) is 13.2 Å². The molecule has 0 aliphatic rings. The second kappa shape index (κ2) is 8.31. The Balaban J connectivity index is 1.97. The van der Waals surface area contributed by atoms with Crippen LogP contribution in [0.3, 0.4) is 0 Å². The Bertz CT molecular complexity index is 1010. The molecule has 7 heteroatoms. The molecule has 0 radical (unpaired) electrons. The molecule has 0 unspecified atom stereocenters. The molecule has 0 bridgehead atoms. The fourth-order valence-corrected chi connectivity index (χ4v) is 3.90. The van der Waals surface area contributed by atoms with Crippen LogP contribution in [0.4, 0.5) is 0 Å². The normalized spacial score (nSPS) is 10.9. The van der Waals surface area contributed by atoms with Gasteiger partial charge in [-0.2, -0.15) is 0 Å². The first-order valence-electron chi connectivity index (χ1n) is 8.72. The van der Waals surface area contributed by atoms with Gasteiger partial charge in [0, 0.05) is 21.2 Å². The van der Waals surface area contributed by atoms with E-state index < -0.39 is 5.91 Å². The molecule has 0 saturated carbocycles. The summed E-state index contributed by atoms with van der Waals surface area (Å²) in [4.78, 5) is 24.3. The van der Waals surface area contributed by atoms with Gasteiger partial charge in [-0.05, 0) is 50.2 Å². The van der Waals surface area contributed by atoms with Crippen LogP contribution < -0.4 is 15.2 Å². The number of hydrogen-bond acceptors (Lipinski definition) is 6. The molecule has 3 aromatic rings. The molecule has 1 heterocycles. The monoisotopic (exact) mass is 399 g/mol. The minimum Gasteiger partial charge on any atom is -0.496 e. The quantitative estimate of drug-likeness (QED) is 0.603. The second-order valence-corrected chi connectivity index (χ2v) is 7.43. The Labute approximate surface area is 166 Å². The molecule has 2 N–H and O–H groups in total. The number of nitrogens with two attached hydrogens (primary N) is 1. The van der Waals surface area contributed by atoms with Gasteiger partial charge in [-0.1, -0.05) is 6.07 Å². The SMILES string of the molecule is COc1cccc2sc(C(=O)OC(C)C)c(COc3ccc(C(N)=O)cc3)c12. The fourth-order valence-electron chi connectivity index (χ4n) is 2.79. The number of hydrogen-bond donors (Lipinski definition) is 1. The molecular weight excluding hydrogens is 378 g/mol. The Morgan fingerprint density at radius 3 is 2.43 bits per heavy atom. The average Bonchev–Trinajstić information content (AvgIpc) is 3.05. The van der Waals surface area contributed by atoms with Crippen molar-refractivity contribution in [3.05, 3.63) is 58.5 Å². The summed E-state index contributed by atoms with van der Waals surface area (Å²) in [6.45, 7) is 3.77. The molecule has 0 spiro atoms. The van der Waals surface area contributed by atoms with Crippen LogP contribution in [0.2, 0.25) is 0 Å². The molecule has 2 aromatic carbocycles. The number of amides is 1. The van der Waals surface area contributed by atoms with Crippen LogP contribution in [0, 0.1) is 0 Å². The zero-order chi connectivity index (χ0) is 20.3. The lowest BCUT2D eigenvalue weighted by atomic mass is 10.1. The van der Waals surface area contributed by atoms with Crippen molar-refractivity contribution in [1.29, 1.82) is 0 Å². The van der Waals surface area contributed by atoms with Crippen LogP contribution in [0.5, 0.6) is 11.5 Å². The number of ether oxygens (including phenoxy) is 3. The standard InChI is InChI=1S/C21H21NO5S/c1-12(2)27-21(24)19-15(18-16(25-3)5-4-6-17(18)28-19)11-26-14-9-7-13(8-10-14)20(22)23/h4-10,12H,11H2,1-3H3,(H2,22,23). The summed E-state index contributed by atoms with van der Waals surface area (Å²) in [6, 6.07) is 12.2. The third kappa shape index (κ3) is 4.09. The number of methoxy groups -OCH3 is 1. The maximum absolute atomic E-state index is 12.6. The van der Waals surface area contributed by atoms with E-state index in [0.717, 1.165) is 10.1 Å². The van der Waals surface area contributed by atoms with Crippen LogP contribution >= 0.6 is 11.3 Å². The average molecular weight is 399 g/mol. The Morgan fingerprint density at radius 1 is 1.11 bits per heavy atom. The molecule has 146 valence electrons. The van der Waals surface area contributed by atoms with E-state index in [-0.39, 0.29) is 18.7 Å². The van der Waals surface area contributed by atoms with Crippen LogP contribution in [0.25, 0.3) is 10.1 Å². The highest BCUT2D eigenvalue weighted by atomic mass is 32.1. The first-order chi connectivity index (χ1) is 13.4.